The average molecular weight is 445 g/mol. The van der Waals surface area contributed by atoms with E-state index in [0.29, 0.717) is 11.4 Å². The van der Waals surface area contributed by atoms with E-state index in [1.165, 1.54) is 4.40 Å². The van der Waals surface area contributed by atoms with Crippen molar-refractivity contribution in [2.75, 3.05) is 24.3 Å². The van der Waals surface area contributed by atoms with Crippen LogP contribution in [0, 0.1) is 0 Å². The Balaban J connectivity index is 1.41. The van der Waals surface area contributed by atoms with E-state index in [9.17, 15) is 18.0 Å². The van der Waals surface area contributed by atoms with Crippen LogP contribution in [0.15, 0.2) is 48.7 Å². The van der Waals surface area contributed by atoms with E-state index in [1.807, 2.05) is 37.2 Å². The van der Waals surface area contributed by atoms with Gasteiger partial charge in [0.25, 0.3) is 5.91 Å². The molecular formula is C23H26F3N5O. The number of hydrogen-bond donors (Lipinski definition) is 2. The topological polar surface area (TPSA) is 61.7 Å². The zero-order chi connectivity index (χ0) is 22.9. The van der Waals surface area contributed by atoms with Crippen molar-refractivity contribution in [3.63, 3.8) is 0 Å². The molecule has 1 aliphatic carbocycles. The monoisotopic (exact) mass is 445 g/mol. The average Bonchev–Trinajstić information content (AvgIpc) is 3.24. The molecule has 1 amide bonds. The lowest BCUT2D eigenvalue weighted by Crippen LogP contribution is -2.43. The number of pyridine rings is 1. The molecular weight excluding hydrogens is 419 g/mol. The third-order valence-electron chi connectivity index (χ3n) is 6.12. The minimum absolute atomic E-state index is 0.0752. The highest BCUT2D eigenvalue weighted by Crippen LogP contribution is 2.31. The first-order valence-corrected chi connectivity index (χ1v) is 10.6. The number of benzene rings is 1. The van der Waals surface area contributed by atoms with E-state index in [1.54, 1.807) is 24.3 Å². The third-order valence-corrected chi connectivity index (χ3v) is 6.12. The number of nitrogens with zero attached hydrogens (tertiary/aromatic N) is 3. The first-order valence-electron chi connectivity index (χ1n) is 10.6. The predicted molar refractivity (Wildman–Crippen MR) is 118 cm³/mol. The lowest BCUT2D eigenvalue weighted by atomic mass is 9.90. The molecule has 0 atom stereocenters. The van der Waals surface area contributed by atoms with Gasteiger partial charge >= 0.3 is 6.18 Å². The van der Waals surface area contributed by atoms with Crippen LogP contribution in [0.1, 0.15) is 41.7 Å². The van der Waals surface area contributed by atoms with Crippen LogP contribution in [0.4, 0.5) is 24.7 Å². The lowest BCUT2D eigenvalue weighted by Gasteiger charge is -2.36. The molecule has 1 fully saturated rings. The van der Waals surface area contributed by atoms with Crippen LogP contribution in [-0.2, 0) is 6.18 Å². The minimum Gasteiger partial charge on any atom is -0.388 e. The van der Waals surface area contributed by atoms with E-state index in [0.717, 1.165) is 37.6 Å². The molecule has 1 saturated carbocycles. The second-order valence-electron chi connectivity index (χ2n) is 8.16. The number of imidazole rings is 1. The third kappa shape index (κ3) is 4.51. The highest BCUT2D eigenvalue weighted by atomic mass is 19.4. The summed E-state index contributed by atoms with van der Waals surface area (Å²) in [5, 5.41) is 6.14. The van der Waals surface area contributed by atoms with Crippen molar-refractivity contribution in [1.82, 2.24) is 14.7 Å². The van der Waals surface area contributed by atoms with Gasteiger partial charge in [0.05, 0.1) is 0 Å². The van der Waals surface area contributed by atoms with Crippen molar-refractivity contribution in [3.8, 4) is 0 Å². The number of alkyl halides is 3. The summed E-state index contributed by atoms with van der Waals surface area (Å²) in [6.45, 7) is 0. The Labute approximate surface area is 184 Å². The van der Waals surface area contributed by atoms with E-state index < -0.39 is 11.9 Å². The van der Waals surface area contributed by atoms with Gasteiger partial charge in [-0.05, 0) is 56.0 Å². The number of amides is 1. The minimum atomic E-state index is -4.48. The fraction of sp³-hybridized carbons (Fsp3) is 0.391. The van der Waals surface area contributed by atoms with Gasteiger partial charge in [-0.2, -0.15) is 13.2 Å². The maximum absolute atomic E-state index is 13.1. The number of aromatic nitrogens is 2. The van der Waals surface area contributed by atoms with Gasteiger partial charge in [-0.25, -0.2) is 4.98 Å². The molecule has 1 aliphatic rings. The van der Waals surface area contributed by atoms with Gasteiger partial charge in [-0.3, -0.25) is 9.20 Å². The highest BCUT2D eigenvalue weighted by Gasteiger charge is 2.34. The van der Waals surface area contributed by atoms with E-state index >= 15 is 0 Å². The summed E-state index contributed by atoms with van der Waals surface area (Å²) >= 11 is 0. The SMILES string of the molecule is CNc1cccc(C(=O)NC2CCC(N(C)c3cccc4nc(C(F)(F)F)cn34)CC2)c1. The van der Waals surface area contributed by atoms with Crippen LogP contribution in [-0.4, -0.2) is 41.5 Å². The molecule has 2 N–H and O–H groups in total. The molecule has 0 aliphatic heterocycles. The Bertz CT molecular complexity index is 1100. The number of nitrogens with one attached hydrogen (secondary N) is 2. The van der Waals surface area contributed by atoms with Crippen molar-refractivity contribution < 1.29 is 18.0 Å². The Morgan fingerprint density at radius 1 is 1.12 bits per heavy atom. The zero-order valence-corrected chi connectivity index (χ0v) is 18.0. The first-order chi connectivity index (χ1) is 15.3. The van der Waals surface area contributed by atoms with Gasteiger partial charge in [0.15, 0.2) is 5.69 Å². The predicted octanol–water partition coefficient (Wildman–Crippen LogP) is 4.57. The van der Waals surface area contributed by atoms with Crippen molar-refractivity contribution in [2.45, 2.75) is 43.9 Å². The van der Waals surface area contributed by atoms with Crippen LogP contribution in [0.2, 0.25) is 0 Å². The molecule has 0 unspecified atom stereocenters. The standard InChI is InChI=1S/C23H26F3N5O/c1-27-17-6-3-5-15(13-17)22(32)28-16-9-11-18(12-10-16)30(2)21-8-4-7-20-29-19(14-31(20)21)23(24,25)26/h3-8,13-14,16,18,27H,9-12H2,1-2H3,(H,28,32). The number of hydrogen-bond acceptors (Lipinski definition) is 4. The Morgan fingerprint density at radius 2 is 1.84 bits per heavy atom. The van der Waals surface area contributed by atoms with Crippen LogP contribution >= 0.6 is 0 Å². The van der Waals surface area contributed by atoms with Crippen LogP contribution in [0.3, 0.4) is 0 Å². The molecule has 1 aromatic carbocycles. The smallest absolute Gasteiger partial charge is 0.388 e. The Hall–Kier alpha value is -3.23. The maximum Gasteiger partial charge on any atom is 0.434 e. The second kappa shape index (κ2) is 8.72. The number of anilines is 2. The molecule has 32 heavy (non-hydrogen) atoms. The van der Waals surface area contributed by atoms with Gasteiger partial charge < -0.3 is 15.5 Å². The van der Waals surface area contributed by atoms with E-state index in [-0.39, 0.29) is 23.6 Å². The number of carbonyl (C=O) groups is 1. The fourth-order valence-corrected chi connectivity index (χ4v) is 4.30. The highest BCUT2D eigenvalue weighted by molar-refractivity contribution is 5.95. The molecule has 2 heterocycles. The van der Waals surface area contributed by atoms with Crippen molar-refractivity contribution >= 4 is 23.1 Å². The summed E-state index contributed by atoms with van der Waals surface area (Å²) in [5.41, 5.74) is 0.868. The van der Waals surface area contributed by atoms with Crippen molar-refractivity contribution in [2.24, 2.45) is 0 Å². The summed E-state index contributed by atoms with van der Waals surface area (Å²) in [7, 11) is 3.71. The molecule has 0 saturated heterocycles. The number of halogens is 3. The molecule has 0 bridgehead atoms. The summed E-state index contributed by atoms with van der Waals surface area (Å²) in [6.07, 6.45) is -0.165. The molecule has 9 heteroatoms. The summed E-state index contributed by atoms with van der Waals surface area (Å²) in [6, 6.07) is 12.7. The van der Waals surface area contributed by atoms with Crippen molar-refractivity contribution in [1.29, 1.82) is 0 Å². The molecule has 4 rings (SSSR count). The normalized spacial score (nSPS) is 19.0. The maximum atomic E-state index is 13.1. The summed E-state index contributed by atoms with van der Waals surface area (Å²) in [5.74, 6) is 0.573. The van der Waals surface area contributed by atoms with Crippen molar-refractivity contribution in [3.05, 3.63) is 59.9 Å². The fourth-order valence-electron chi connectivity index (χ4n) is 4.30. The molecule has 0 spiro atoms. The quantitative estimate of drug-likeness (QED) is 0.604. The van der Waals surface area contributed by atoms with Gasteiger partial charge in [0.2, 0.25) is 0 Å². The molecule has 2 aromatic heterocycles. The van der Waals surface area contributed by atoms with E-state index in [4.69, 9.17) is 0 Å². The second-order valence-corrected chi connectivity index (χ2v) is 8.16. The van der Waals surface area contributed by atoms with Gasteiger partial charge in [0, 0.05) is 43.6 Å². The van der Waals surface area contributed by atoms with Gasteiger partial charge in [-0.15, -0.1) is 0 Å². The Morgan fingerprint density at radius 3 is 2.53 bits per heavy atom. The number of carbonyl (C=O) groups excluding carboxylic acids is 1. The Kier molecular flexibility index (Phi) is 5.99. The zero-order valence-electron chi connectivity index (χ0n) is 18.0. The van der Waals surface area contributed by atoms with E-state index in [2.05, 4.69) is 15.6 Å². The van der Waals surface area contributed by atoms with Gasteiger partial charge in [-0.1, -0.05) is 12.1 Å². The van der Waals surface area contributed by atoms with Crippen LogP contribution < -0.4 is 15.5 Å². The first kappa shape index (κ1) is 22.0. The largest absolute Gasteiger partial charge is 0.434 e. The number of rotatable bonds is 5. The summed E-state index contributed by atoms with van der Waals surface area (Å²) in [4.78, 5) is 18.3. The number of fused-ring (bicyclic) bond motifs is 1. The molecule has 0 radical (unpaired) electrons. The molecule has 170 valence electrons. The lowest BCUT2D eigenvalue weighted by molar-refractivity contribution is -0.140. The van der Waals surface area contributed by atoms with Gasteiger partial charge in [0.1, 0.15) is 11.5 Å². The van der Waals surface area contributed by atoms with Crippen LogP contribution in [0.25, 0.3) is 5.65 Å². The summed E-state index contributed by atoms with van der Waals surface area (Å²) < 4.78 is 40.8. The molecule has 6 nitrogen and oxygen atoms in total. The van der Waals surface area contributed by atoms with Crippen LogP contribution in [0.5, 0.6) is 0 Å². The molecule has 3 aromatic rings.